The van der Waals surface area contributed by atoms with Crippen molar-refractivity contribution in [2.75, 3.05) is 19.5 Å². The number of methoxy groups -OCH3 is 2. The Balaban J connectivity index is 2.51. The summed E-state index contributed by atoms with van der Waals surface area (Å²) in [6.07, 6.45) is -1.18. The van der Waals surface area contributed by atoms with Crippen molar-refractivity contribution < 1.29 is 36.5 Å². The molecular weight excluding hydrogens is 468 g/mol. The van der Waals surface area contributed by atoms with E-state index in [9.17, 15) is 22.8 Å². The first-order valence-corrected chi connectivity index (χ1v) is 11.3. The minimum absolute atomic E-state index is 0.00739. The number of rotatable bonds is 7. The zero-order valence-electron chi connectivity index (χ0n) is 18.7. The lowest BCUT2D eigenvalue weighted by atomic mass is 10.2. The van der Waals surface area contributed by atoms with Gasteiger partial charge in [-0.05, 0) is 36.8 Å². The molecule has 0 aliphatic carbocycles. The van der Waals surface area contributed by atoms with Crippen LogP contribution in [0.5, 0.6) is 5.75 Å². The molecule has 0 radical (unpaired) electrons. The number of carbonyl (C=O) groups excluding carboxylic acids is 3. The molecule has 2 aromatic rings. The smallest absolute Gasteiger partial charge is 0.413 e. The Morgan fingerprint density at radius 2 is 1.56 bits per heavy atom. The molecule has 13 heteroatoms. The molecule has 182 valence electrons. The molecule has 0 aliphatic rings. The Morgan fingerprint density at radius 1 is 0.941 bits per heavy atom. The third-order valence-corrected chi connectivity index (χ3v) is 5.24. The van der Waals surface area contributed by atoms with E-state index in [0.29, 0.717) is 6.42 Å². The Hall–Kier alpha value is -4.13. The molecule has 0 fully saturated rings. The molecule has 0 saturated carbocycles. The van der Waals surface area contributed by atoms with Crippen molar-refractivity contribution in [2.45, 2.75) is 24.7 Å². The molecule has 2 rings (SSSR count). The SMILES string of the molecule is CCCC(=O)Nc1cc(S(=O)(=O)Oc2ccccc2)ccc1N=C(NC(=O)OC)NC(=O)OC. The van der Waals surface area contributed by atoms with Gasteiger partial charge in [-0.3, -0.25) is 15.4 Å². The van der Waals surface area contributed by atoms with E-state index in [1.807, 2.05) is 0 Å². The van der Waals surface area contributed by atoms with Gasteiger partial charge in [-0.15, -0.1) is 0 Å². The summed E-state index contributed by atoms with van der Waals surface area (Å²) in [6, 6.07) is 11.5. The van der Waals surface area contributed by atoms with Gasteiger partial charge < -0.3 is 19.0 Å². The van der Waals surface area contributed by atoms with Gasteiger partial charge in [0.05, 0.1) is 25.6 Å². The lowest BCUT2D eigenvalue weighted by Crippen LogP contribution is -2.43. The first-order chi connectivity index (χ1) is 16.2. The first kappa shape index (κ1) is 26.1. The van der Waals surface area contributed by atoms with Crippen LogP contribution in [0.2, 0.25) is 0 Å². The normalized spacial score (nSPS) is 10.4. The third-order valence-electron chi connectivity index (χ3n) is 4.00. The van der Waals surface area contributed by atoms with Crippen LogP contribution in [0.4, 0.5) is 21.0 Å². The highest BCUT2D eigenvalue weighted by Crippen LogP contribution is 2.30. The van der Waals surface area contributed by atoms with Crippen LogP contribution in [0, 0.1) is 0 Å². The quantitative estimate of drug-likeness (QED) is 0.302. The van der Waals surface area contributed by atoms with Gasteiger partial charge in [0.15, 0.2) is 0 Å². The van der Waals surface area contributed by atoms with Crippen molar-refractivity contribution in [2.24, 2.45) is 4.99 Å². The van der Waals surface area contributed by atoms with Crippen molar-refractivity contribution in [1.82, 2.24) is 10.6 Å². The van der Waals surface area contributed by atoms with Gasteiger partial charge in [0.1, 0.15) is 10.6 Å². The molecule has 0 atom stereocenters. The summed E-state index contributed by atoms with van der Waals surface area (Å²) >= 11 is 0. The van der Waals surface area contributed by atoms with Gasteiger partial charge in [-0.25, -0.2) is 14.6 Å². The number of benzene rings is 2. The van der Waals surface area contributed by atoms with Crippen molar-refractivity contribution in [3.05, 3.63) is 48.5 Å². The van der Waals surface area contributed by atoms with Crippen LogP contribution in [-0.4, -0.2) is 46.7 Å². The summed E-state index contributed by atoms with van der Waals surface area (Å²) in [7, 11) is -2.04. The van der Waals surface area contributed by atoms with Crippen LogP contribution >= 0.6 is 0 Å². The zero-order chi connectivity index (χ0) is 25.1. The van der Waals surface area contributed by atoms with E-state index in [-0.39, 0.29) is 34.4 Å². The molecule has 0 saturated heterocycles. The molecular formula is C21H24N4O8S. The summed E-state index contributed by atoms with van der Waals surface area (Å²) in [6.45, 7) is 1.80. The lowest BCUT2D eigenvalue weighted by Gasteiger charge is -2.13. The number of carbonyl (C=O) groups is 3. The molecule has 0 aromatic heterocycles. The van der Waals surface area contributed by atoms with Crippen LogP contribution in [0.1, 0.15) is 19.8 Å². The van der Waals surface area contributed by atoms with E-state index in [2.05, 4.69) is 30.4 Å². The summed E-state index contributed by atoms with van der Waals surface area (Å²) in [5.41, 5.74) is 0.0120. The third kappa shape index (κ3) is 7.78. The Labute approximate surface area is 196 Å². The van der Waals surface area contributed by atoms with E-state index >= 15 is 0 Å². The lowest BCUT2D eigenvalue weighted by molar-refractivity contribution is -0.116. The van der Waals surface area contributed by atoms with Crippen molar-refractivity contribution in [1.29, 1.82) is 0 Å². The van der Waals surface area contributed by atoms with Crippen LogP contribution in [0.25, 0.3) is 0 Å². The molecule has 34 heavy (non-hydrogen) atoms. The maximum Gasteiger partial charge on any atom is 0.413 e. The van der Waals surface area contributed by atoms with Crippen LogP contribution < -0.4 is 20.1 Å². The number of hydrogen-bond acceptors (Lipinski definition) is 9. The highest BCUT2D eigenvalue weighted by atomic mass is 32.2. The number of guanidine groups is 1. The number of amides is 3. The minimum Gasteiger partial charge on any atom is -0.453 e. The molecule has 12 nitrogen and oxygen atoms in total. The minimum atomic E-state index is -4.25. The Bertz CT molecular complexity index is 1150. The number of hydrogen-bond donors (Lipinski definition) is 3. The zero-order valence-corrected chi connectivity index (χ0v) is 19.5. The molecule has 0 unspecified atom stereocenters. The molecule has 0 spiro atoms. The van der Waals surface area contributed by atoms with Gasteiger partial charge in [-0.1, -0.05) is 25.1 Å². The molecule has 2 aromatic carbocycles. The number of ether oxygens (including phenoxy) is 2. The molecule has 0 heterocycles. The number of alkyl carbamates (subject to hydrolysis) is 2. The fourth-order valence-corrected chi connectivity index (χ4v) is 3.42. The summed E-state index contributed by atoms with van der Waals surface area (Å²) in [5, 5.41) is 6.94. The standard InChI is InChI=1S/C21H24N4O8S/c1-4-8-18(26)22-17-13-15(34(29,30)33-14-9-6-5-7-10-14)11-12-16(17)23-19(24-20(27)31-2)25-21(28)32-3/h5-7,9-13H,4,8H2,1-3H3,(H,22,26)(H2,23,24,25,27,28). The predicted molar refractivity (Wildman–Crippen MR) is 122 cm³/mol. The number of para-hydroxylation sites is 1. The number of nitrogens with zero attached hydrogens (tertiary/aromatic N) is 1. The van der Waals surface area contributed by atoms with Gasteiger partial charge >= 0.3 is 22.3 Å². The van der Waals surface area contributed by atoms with Crippen LogP contribution in [0.3, 0.4) is 0 Å². The fraction of sp³-hybridized carbons (Fsp3) is 0.238. The highest BCUT2D eigenvalue weighted by molar-refractivity contribution is 7.87. The number of aliphatic imine (C=N–C) groups is 1. The Morgan fingerprint density at radius 3 is 2.12 bits per heavy atom. The number of nitrogens with one attached hydrogen (secondary N) is 3. The van der Waals surface area contributed by atoms with E-state index in [1.54, 1.807) is 25.1 Å². The fourth-order valence-electron chi connectivity index (χ4n) is 2.46. The second-order valence-electron chi connectivity index (χ2n) is 6.52. The van der Waals surface area contributed by atoms with Crippen LogP contribution in [0.15, 0.2) is 58.4 Å². The molecule has 0 bridgehead atoms. The maximum absolute atomic E-state index is 12.7. The average molecular weight is 493 g/mol. The highest BCUT2D eigenvalue weighted by Gasteiger charge is 2.20. The first-order valence-electron chi connectivity index (χ1n) is 9.90. The Kier molecular flexibility index (Phi) is 9.38. The van der Waals surface area contributed by atoms with Crippen LogP contribution in [-0.2, 0) is 24.4 Å². The van der Waals surface area contributed by atoms with E-state index < -0.39 is 28.2 Å². The van der Waals surface area contributed by atoms with Crippen molar-refractivity contribution >= 4 is 45.5 Å². The summed E-state index contributed by atoms with van der Waals surface area (Å²) in [5.74, 6) is -0.685. The average Bonchev–Trinajstić information content (AvgIpc) is 2.80. The van der Waals surface area contributed by atoms with Crippen molar-refractivity contribution in [3.63, 3.8) is 0 Å². The molecule has 0 aliphatic heterocycles. The van der Waals surface area contributed by atoms with E-state index in [1.165, 1.54) is 24.3 Å². The van der Waals surface area contributed by atoms with Gasteiger partial charge in [0.25, 0.3) is 0 Å². The van der Waals surface area contributed by atoms with Crippen molar-refractivity contribution in [3.8, 4) is 5.75 Å². The number of anilines is 1. The topological polar surface area (TPSA) is 161 Å². The molecule has 3 amide bonds. The van der Waals surface area contributed by atoms with Gasteiger partial charge in [-0.2, -0.15) is 8.42 Å². The monoisotopic (exact) mass is 492 g/mol. The predicted octanol–water partition coefficient (Wildman–Crippen LogP) is 2.89. The maximum atomic E-state index is 12.7. The second kappa shape index (κ2) is 12.2. The molecule has 3 N–H and O–H groups in total. The summed E-state index contributed by atoms with van der Waals surface area (Å²) < 4.78 is 39.6. The second-order valence-corrected chi connectivity index (χ2v) is 8.07. The van der Waals surface area contributed by atoms with E-state index in [4.69, 9.17) is 4.18 Å². The van der Waals surface area contributed by atoms with Gasteiger partial charge in [0, 0.05) is 6.42 Å². The largest absolute Gasteiger partial charge is 0.453 e. The van der Waals surface area contributed by atoms with E-state index in [0.717, 1.165) is 20.3 Å². The van der Waals surface area contributed by atoms with Gasteiger partial charge in [0.2, 0.25) is 11.9 Å². The summed E-state index contributed by atoms with van der Waals surface area (Å²) in [4.78, 5) is 39.3.